The quantitative estimate of drug-likeness (QED) is 0.839. The van der Waals surface area contributed by atoms with Gasteiger partial charge in [-0.2, -0.15) is 4.98 Å². The lowest BCUT2D eigenvalue weighted by atomic mass is 10.1. The average Bonchev–Trinajstić information content (AvgIpc) is 2.64. The maximum absolute atomic E-state index is 13.5. The molecular formula is C10H7FN2O3. The summed E-state index contributed by atoms with van der Waals surface area (Å²) in [5.74, 6) is -1.75. The Balaban J connectivity index is 2.67. The number of carboxylic acids is 1. The molecule has 2 rings (SSSR count). The van der Waals surface area contributed by atoms with Crippen molar-refractivity contribution < 1.29 is 18.8 Å². The largest absolute Gasteiger partial charge is 0.478 e. The summed E-state index contributed by atoms with van der Waals surface area (Å²) in [4.78, 5) is 14.7. The lowest BCUT2D eigenvalue weighted by Crippen LogP contribution is -2.02. The summed E-state index contributed by atoms with van der Waals surface area (Å²) >= 11 is 0. The molecule has 1 heterocycles. The Morgan fingerprint density at radius 1 is 1.50 bits per heavy atom. The number of rotatable bonds is 2. The Morgan fingerprint density at radius 3 is 2.81 bits per heavy atom. The van der Waals surface area contributed by atoms with Crippen molar-refractivity contribution in [3.8, 4) is 11.4 Å². The number of hydrogen-bond acceptors (Lipinski definition) is 4. The second-order valence-electron chi connectivity index (χ2n) is 3.10. The van der Waals surface area contributed by atoms with Crippen LogP contribution in [0.25, 0.3) is 11.4 Å². The zero-order valence-corrected chi connectivity index (χ0v) is 8.27. The molecule has 1 aromatic carbocycles. The Kier molecular flexibility index (Phi) is 2.40. The van der Waals surface area contributed by atoms with E-state index >= 15 is 0 Å². The van der Waals surface area contributed by atoms with Crippen molar-refractivity contribution in [2.24, 2.45) is 0 Å². The van der Waals surface area contributed by atoms with E-state index in [-0.39, 0.29) is 22.8 Å². The highest BCUT2D eigenvalue weighted by Gasteiger charge is 2.19. The predicted molar refractivity (Wildman–Crippen MR) is 51.4 cm³/mol. The van der Waals surface area contributed by atoms with Gasteiger partial charge in [0.05, 0.1) is 11.1 Å². The van der Waals surface area contributed by atoms with Crippen LogP contribution in [0.2, 0.25) is 0 Å². The zero-order valence-electron chi connectivity index (χ0n) is 8.27. The molecule has 0 aliphatic heterocycles. The second kappa shape index (κ2) is 3.73. The first-order valence-corrected chi connectivity index (χ1v) is 4.42. The van der Waals surface area contributed by atoms with E-state index in [1.807, 2.05) is 0 Å². The van der Waals surface area contributed by atoms with Gasteiger partial charge in [0.1, 0.15) is 5.82 Å². The summed E-state index contributed by atoms with van der Waals surface area (Å²) in [5.41, 5.74) is -0.354. The fraction of sp³-hybridized carbons (Fsp3) is 0.100. The van der Waals surface area contributed by atoms with Crippen LogP contribution >= 0.6 is 0 Å². The number of aryl methyl sites for hydroxylation is 1. The van der Waals surface area contributed by atoms with Gasteiger partial charge in [0.25, 0.3) is 0 Å². The summed E-state index contributed by atoms with van der Waals surface area (Å²) in [6.45, 7) is 1.54. The van der Waals surface area contributed by atoms with Crippen LogP contribution in [0.15, 0.2) is 22.7 Å². The minimum atomic E-state index is -1.24. The third kappa shape index (κ3) is 1.65. The number of carboxylic acid groups (broad SMARTS) is 1. The first-order valence-electron chi connectivity index (χ1n) is 4.42. The van der Waals surface area contributed by atoms with Gasteiger partial charge in [-0.25, -0.2) is 9.18 Å². The first-order chi connectivity index (χ1) is 7.59. The SMILES string of the molecule is Cc1nc(-c2c(F)cccc2C(=O)O)no1. The van der Waals surface area contributed by atoms with Crippen LogP contribution in [0.1, 0.15) is 16.2 Å². The molecule has 16 heavy (non-hydrogen) atoms. The first kappa shape index (κ1) is 10.3. The smallest absolute Gasteiger partial charge is 0.336 e. The lowest BCUT2D eigenvalue weighted by Gasteiger charge is -2.02. The number of halogens is 1. The molecule has 6 heteroatoms. The highest BCUT2D eigenvalue weighted by atomic mass is 19.1. The third-order valence-electron chi connectivity index (χ3n) is 2.00. The molecule has 5 nitrogen and oxygen atoms in total. The number of carbonyl (C=O) groups is 1. The van der Waals surface area contributed by atoms with E-state index in [1.165, 1.54) is 19.1 Å². The van der Waals surface area contributed by atoms with Crippen molar-refractivity contribution >= 4 is 5.97 Å². The zero-order chi connectivity index (χ0) is 11.7. The molecule has 0 atom stereocenters. The summed E-state index contributed by atoms with van der Waals surface area (Å²) in [6, 6.07) is 3.75. The molecule has 1 aromatic heterocycles. The van der Waals surface area contributed by atoms with Crippen LogP contribution in [0.5, 0.6) is 0 Å². The predicted octanol–water partition coefficient (Wildman–Crippen LogP) is 1.88. The fourth-order valence-corrected chi connectivity index (χ4v) is 1.33. The van der Waals surface area contributed by atoms with E-state index in [2.05, 4.69) is 14.7 Å². The monoisotopic (exact) mass is 222 g/mol. The van der Waals surface area contributed by atoms with Crippen LogP contribution in [0.4, 0.5) is 4.39 Å². The molecule has 0 unspecified atom stereocenters. The molecule has 0 amide bonds. The van der Waals surface area contributed by atoms with Gasteiger partial charge in [-0.1, -0.05) is 11.2 Å². The van der Waals surface area contributed by atoms with Gasteiger partial charge in [-0.05, 0) is 12.1 Å². The van der Waals surface area contributed by atoms with E-state index in [0.29, 0.717) is 0 Å². The fourth-order valence-electron chi connectivity index (χ4n) is 1.33. The summed E-state index contributed by atoms with van der Waals surface area (Å²) in [5, 5.41) is 12.4. The second-order valence-corrected chi connectivity index (χ2v) is 3.10. The molecule has 2 aromatic rings. The molecule has 0 saturated carbocycles. The minimum absolute atomic E-state index is 0.0620. The summed E-state index contributed by atoms with van der Waals surface area (Å²) in [6.07, 6.45) is 0. The Labute approximate surface area is 89.5 Å². The van der Waals surface area contributed by atoms with Gasteiger partial charge in [0, 0.05) is 6.92 Å². The normalized spacial score (nSPS) is 10.4. The van der Waals surface area contributed by atoms with Gasteiger partial charge in [0.2, 0.25) is 11.7 Å². The molecule has 0 fully saturated rings. The summed E-state index contributed by atoms with van der Waals surface area (Å²) in [7, 11) is 0. The number of aromatic nitrogens is 2. The average molecular weight is 222 g/mol. The topological polar surface area (TPSA) is 76.2 Å². The molecular weight excluding hydrogens is 215 g/mol. The lowest BCUT2D eigenvalue weighted by molar-refractivity contribution is 0.0697. The highest BCUT2D eigenvalue weighted by molar-refractivity contribution is 5.95. The molecule has 0 aliphatic carbocycles. The molecule has 0 spiro atoms. The minimum Gasteiger partial charge on any atom is -0.478 e. The maximum Gasteiger partial charge on any atom is 0.336 e. The Hall–Kier alpha value is -2.24. The van der Waals surface area contributed by atoms with Crippen LogP contribution in [-0.4, -0.2) is 21.2 Å². The van der Waals surface area contributed by atoms with Crippen molar-refractivity contribution in [2.75, 3.05) is 0 Å². The molecule has 0 aliphatic rings. The maximum atomic E-state index is 13.5. The van der Waals surface area contributed by atoms with E-state index in [0.717, 1.165) is 6.07 Å². The Bertz CT molecular complexity index is 551. The number of hydrogen-bond donors (Lipinski definition) is 1. The third-order valence-corrected chi connectivity index (χ3v) is 2.00. The van der Waals surface area contributed by atoms with Gasteiger partial charge in [-0.3, -0.25) is 0 Å². The van der Waals surface area contributed by atoms with Crippen LogP contribution in [0.3, 0.4) is 0 Å². The number of benzene rings is 1. The van der Waals surface area contributed by atoms with Crippen molar-refractivity contribution in [3.63, 3.8) is 0 Å². The van der Waals surface area contributed by atoms with Gasteiger partial charge < -0.3 is 9.63 Å². The molecule has 0 radical (unpaired) electrons. The van der Waals surface area contributed by atoms with E-state index in [9.17, 15) is 9.18 Å². The van der Waals surface area contributed by atoms with Crippen LogP contribution in [0, 0.1) is 12.7 Å². The van der Waals surface area contributed by atoms with Crippen molar-refractivity contribution in [1.29, 1.82) is 0 Å². The van der Waals surface area contributed by atoms with E-state index in [1.54, 1.807) is 0 Å². The van der Waals surface area contributed by atoms with E-state index < -0.39 is 11.8 Å². The van der Waals surface area contributed by atoms with Crippen LogP contribution < -0.4 is 0 Å². The standard InChI is InChI=1S/C10H7FN2O3/c1-5-12-9(13-16-5)8-6(10(14)15)3-2-4-7(8)11/h2-4H,1H3,(H,14,15). The highest BCUT2D eigenvalue weighted by Crippen LogP contribution is 2.24. The summed E-state index contributed by atoms with van der Waals surface area (Å²) < 4.78 is 18.2. The van der Waals surface area contributed by atoms with E-state index in [4.69, 9.17) is 5.11 Å². The molecule has 1 N–H and O–H groups in total. The molecule has 0 saturated heterocycles. The van der Waals surface area contributed by atoms with Gasteiger partial charge >= 0.3 is 5.97 Å². The molecule has 82 valence electrons. The van der Waals surface area contributed by atoms with Crippen molar-refractivity contribution in [1.82, 2.24) is 10.1 Å². The van der Waals surface area contributed by atoms with Crippen molar-refractivity contribution in [3.05, 3.63) is 35.5 Å². The Morgan fingerprint density at radius 2 is 2.25 bits per heavy atom. The number of nitrogens with zero attached hydrogens (tertiary/aromatic N) is 2. The van der Waals surface area contributed by atoms with Gasteiger partial charge in [-0.15, -0.1) is 0 Å². The van der Waals surface area contributed by atoms with Crippen LogP contribution in [-0.2, 0) is 0 Å². The van der Waals surface area contributed by atoms with Gasteiger partial charge in [0.15, 0.2) is 0 Å². The molecule has 0 bridgehead atoms. The number of aromatic carboxylic acids is 1. The van der Waals surface area contributed by atoms with Crippen molar-refractivity contribution in [2.45, 2.75) is 6.92 Å².